The van der Waals surface area contributed by atoms with Crippen LogP contribution in [0.25, 0.3) is 11.0 Å². The fourth-order valence-corrected chi connectivity index (χ4v) is 3.20. The second-order valence-electron chi connectivity index (χ2n) is 5.39. The highest BCUT2D eigenvalue weighted by atomic mass is 79.9. The summed E-state index contributed by atoms with van der Waals surface area (Å²) in [6.45, 7) is 4.67. The quantitative estimate of drug-likeness (QED) is 0.661. The fourth-order valence-electron chi connectivity index (χ4n) is 2.79. The summed E-state index contributed by atoms with van der Waals surface area (Å²) in [5.74, 6) is 0. The summed E-state index contributed by atoms with van der Waals surface area (Å²) < 4.78 is 4.65. The molecule has 0 aliphatic carbocycles. The summed E-state index contributed by atoms with van der Waals surface area (Å²) >= 11 is 3.42. The number of imidazole rings is 1. The number of hydrogen-bond donors (Lipinski definition) is 2. The van der Waals surface area contributed by atoms with E-state index in [4.69, 9.17) is 5.41 Å². The van der Waals surface area contributed by atoms with Crippen molar-refractivity contribution in [2.75, 3.05) is 0 Å². The van der Waals surface area contributed by atoms with Crippen molar-refractivity contribution in [3.05, 3.63) is 76.8 Å². The van der Waals surface area contributed by atoms with Gasteiger partial charge in [-0.05, 0) is 29.8 Å². The summed E-state index contributed by atoms with van der Waals surface area (Å²) in [7, 11) is 0. The lowest BCUT2D eigenvalue weighted by atomic mass is 10.1. The highest BCUT2D eigenvalue weighted by molar-refractivity contribution is 9.10. The van der Waals surface area contributed by atoms with E-state index in [1.54, 1.807) is 6.08 Å². The first kappa shape index (κ1) is 15.8. The van der Waals surface area contributed by atoms with Gasteiger partial charge in [-0.1, -0.05) is 46.3 Å². The summed E-state index contributed by atoms with van der Waals surface area (Å²) in [6.07, 6.45) is 1.10. The minimum Gasteiger partial charge on any atom is -0.387 e. The molecule has 0 saturated heterocycles. The lowest BCUT2D eigenvalue weighted by molar-refractivity contribution is 0.155. The zero-order valence-corrected chi connectivity index (χ0v) is 14.2. The first-order chi connectivity index (χ1) is 11.1. The normalized spacial score (nSPS) is 12.4. The lowest BCUT2D eigenvalue weighted by Gasteiger charge is -2.13. The van der Waals surface area contributed by atoms with Gasteiger partial charge in [-0.3, -0.25) is 5.41 Å². The maximum atomic E-state index is 10.6. The highest BCUT2D eigenvalue weighted by Crippen LogP contribution is 2.21. The van der Waals surface area contributed by atoms with Gasteiger partial charge in [0.05, 0.1) is 23.7 Å². The monoisotopic (exact) mass is 371 g/mol. The van der Waals surface area contributed by atoms with Crippen LogP contribution < -0.4 is 5.62 Å². The van der Waals surface area contributed by atoms with Crippen molar-refractivity contribution in [3.8, 4) is 0 Å². The molecule has 3 aromatic rings. The molecule has 0 spiro atoms. The van der Waals surface area contributed by atoms with Crippen LogP contribution in [0.3, 0.4) is 0 Å². The van der Waals surface area contributed by atoms with E-state index in [0.29, 0.717) is 18.7 Å². The van der Waals surface area contributed by atoms with Crippen LogP contribution in [0.4, 0.5) is 0 Å². The number of nitrogens with one attached hydrogen (secondary N) is 1. The number of aromatic nitrogens is 2. The van der Waals surface area contributed by atoms with Crippen molar-refractivity contribution in [1.82, 2.24) is 9.13 Å². The number of hydrogen-bond acceptors (Lipinski definition) is 2. The Morgan fingerprint density at radius 1 is 1.13 bits per heavy atom. The van der Waals surface area contributed by atoms with Crippen LogP contribution in [0.5, 0.6) is 0 Å². The molecule has 0 fully saturated rings. The second-order valence-corrected chi connectivity index (χ2v) is 6.31. The SMILES string of the molecule is C=CCn1c(=N)n(CC(O)c2cccc(Br)c2)c2ccccc21. The van der Waals surface area contributed by atoms with Crippen LogP contribution >= 0.6 is 15.9 Å². The Hall–Kier alpha value is -2.11. The zero-order valence-electron chi connectivity index (χ0n) is 12.6. The van der Waals surface area contributed by atoms with E-state index in [9.17, 15) is 5.11 Å². The molecule has 0 amide bonds. The molecule has 3 rings (SSSR count). The van der Waals surface area contributed by atoms with E-state index in [2.05, 4.69) is 22.5 Å². The Bertz CT molecular complexity index is 910. The van der Waals surface area contributed by atoms with Crippen LogP contribution in [0, 0.1) is 5.41 Å². The minimum absolute atomic E-state index is 0.333. The maximum absolute atomic E-state index is 10.6. The van der Waals surface area contributed by atoms with Gasteiger partial charge >= 0.3 is 0 Å². The molecule has 0 aliphatic heterocycles. The van der Waals surface area contributed by atoms with E-state index < -0.39 is 6.10 Å². The number of aliphatic hydroxyl groups is 1. The largest absolute Gasteiger partial charge is 0.387 e. The molecule has 4 nitrogen and oxygen atoms in total. The van der Waals surface area contributed by atoms with Gasteiger partial charge in [0, 0.05) is 11.0 Å². The molecule has 1 atom stereocenters. The van der Waals surface area contributed by atoms with Crippen LogP contribution in [0.1, 0.15) is 11.7 Å². The van der Waals surface area contributed by atoms with Gasteiger partial charge in [0.15, 0.2) is 0 Å². The summed E-state index contributed by atoms with van der Waals surface area (Å²) in [5.41, 5.74) is 3.10. The zero-order chi connectivity index (χ0) is 16.4. The molecule has 23 heavy (non-hydrogen) atoms. The minimum atomic E-state index is -0.676. The van der Waals surface area contributed by atoms with Crippen LogP contribution in [0.2, 0.25) is 0 Å². The summed E-state index contributed by atoms with van der Waals surface area (Å²) in [4.78, 5) is 0. The van der Waals surface area contributed by atoms with Gasteiger partial charge in [-0.15, -0.1) is 6.58 Å². The number of aliphatic hydroxyl groups excluding tert-OH is 1. The van der Waals surface area contributed by atoms with Gasteiger partial charge in [0.1, 0.15) is 0 Å². The van der Waals surface area contributed by atoms with Gasteiger partial charge in [-0.25, -0.2) is 0 Å². The first-order valence-corrected chi connectivity index (χ1v) is 8.18. The summed E-state index contributed by atoms with van der Waals surface area (Å²) in [6, 6.07) is 15.5. The van der Waals surface area contributed by atoms with Gasteiger partial charge < -0.3 is 14.2 Å². The Balaban J connectivity index is 2.04. The van der Waals surface area contributed by atoms with Crippen molar-refractivity contribution in [3.63, 3.8) is 0 Å². The molecule has 0 aliphatic rings. The standard InChI is InChI=1S/C18H18BrN3O/c1-2-10-21-15-8-3-4-9-16(15)22(18(21)20)12-17(23)13-6-5-7-14(19)11-13/h2-9,11,17,20,23H,1,10,12H2. The molecule has 1 heterocycles. The predicted octanol–water partition coefficient (Wildman–Crippen LogP) is 3.60. The Labute approximate surface area is 143 Å². The number of para-hydroxylation sites is 2. The van der Waals surface area contributed by atoms with Crippen molar-refractivity contribution in [2.24, 2.45) is 0 Å². The number of benzene rings is 2. The molecule has 2 N–H and O–H groups in total. The number of fused-ring (bicyclic) bond motifs is 1. The third-order valence-corrected chi connectivity index (χ3v) is 4.37. The molecular weight excluding hydrogens is 354 g/mol. The van der Waals surface area contributed by atoms with Gasteiger partial charge in [-0.2, -0.15) is 0 Å². The Morgan fingerprint density at radius 2 is 1.83 bits per heavy atom. The highest BCUT2D eigenvalue weighted by Gasteiger charge is 2.14. The van der Waals surface area contributed by atoms with E-state index in [0.717, 1.165) is 21.1 Å². The van der Waals surface area contributed by atoms with E-state index in [1.807, 2.05) is 57.7 Å². The second kappa shape index (κ2) is 6.56. The molecule has 118 valence electrons. The van der Waals surface area contributed by atoms with Gasteiger partial charge in [0.25, 0.3) is 0 Å². The number of nitrogens with zero attached hydrogens (tertiary/aromatic N) is 2. The fraction of sp³-hybridized carbons (Fsp3) is 0.167. The smallest absolute Gasteiger partial charge is 0.203 e. The Morgan fingerprint density at radius 3 is 2.48 bits per heavy atom. The topological polar surface area (TPSA) is 53.9 Å². The van der Waals surface area contributed by atoms with Crippen molar-refractivity contribution < 1.29 is 5.11 Å². The predicted molar refractivity (Wildman–Crippen MR) is 95.1 cm³/mol. The molecule has 1 aromatic heterocycles. The van der Waals surface area contributed by atoms with Crippen molar-refractivity contribution in [1.29, 1.82) is 5.41 Å². The third-order valence-electron chi connectivity index (χ3n) is 3.88. The molecule has 2 aromatic carbocycles. The van der Waals surface area contributed by atoms with E-state index in [1.165, 1.54) is 0 Å². The van der Waals surface area contributed by atoms with Crippen molar-refractivity contribution >= 4 is 27.0 Å². The van der Waals surface area contributed by atoms with Gasteiger partial charge in [0.2, 0.25) is 5.62 Å². The first-order valence-electron chi connectivity index (χ1n) is 7.39. The number of allylic oxidation sites excluding steroid dienone is 1. The molecule has 1 unspecified atom stereocenters. The van der Waals surface area contributed by atoms with Crippen molar-refractivity contribution in [2.45, 2.75) is 19.2 Å². The van der Waals surface area contributed by atoms with E-state index in [-0.39, 0.29) is 0 Å². The van der Waals surface area contributed by atoms with Crippen LogP contribution in [-0.4, -0.2) is 14.2 Å². The summed E-state index contributed by atoms with van der Waals surface area (Å²) in [5, 5.41) is 19.0. The third kappa shape index (κ3) is 3.02. The molecular formula is C18H18BrN3O. The van der Waals surface area contributed by atoms with Crippen LogP contribution in [0.15, 0.2) is 65.7 Å². The molecule has 5 heteroatoms. The van der Waals surface area contributed by atoms with E-state index >= 15 is 0 Å². The number of halogens is 1. The average Bonchev–Trinajstić information content (AvgIpc) is 2.81. The van der Waals surface area contributed by atoms with Crippen LogP contribution in [-0.2, 0) is 13.1 Å². The average molecular weight is 372 g/mol. The molecule has 0 bridgehead atoms. The molecule has 0 radical (unpaired) electrons. The molecule has 0 saturated carbocycles. The number of rotatable bonds is 5. The lowest BCUT2D eigenvalue weighted by Crippen LogP contribution is -2.26. The Kier molecular flexibility index (Phi) is 4.50. The maximum Gasteiger partial charge on any atom is 0.203 e.